The van der Waals surface area contributed by atoms with E-state index in [1.165, 1.54) is 51.2 Å². The van der Waals surface area contributed by atoms with Gasteiger partial charge in [-0.1, -0.05) is 13.8 Å². The normalized spacial score (nSPS) is 21.2. The zero-order chi connectivity index (χ0) is 11.8. The van der Waals surface area contributed by atoms with Crippen molar-refractivity contribution in [3.8, 4) is 0 Å². The molecule has 96 valence electrons. The van der Waals surface area contributed by atoms with Crippen LogP contribution >= 0.6 is 11.8 Å². The Kier molecular flexibility index (Phi) is 7.50. The summed E-state index contributed by atoms with van der Waals surface area (Å²) in [5.74, 6) is 2.09. The summed E-state index contributed by atoms with van der Waals surface area (Å²) in [7, 11) is 0. The molecule has 1 heterocycles. The number of nitrogens with zero attached hydrogens (tertiary/aromatic N) is 1. The van der Waals surface area contributed by atoms with Crippen LogP contribution in [0.5, 0.6) is 0 Å². The predicted octanol–water partition coefficient (Wildman–Crippen LogP) is 2.45. The van der Waals surface area contributed by atoms with Crippen LogP contribution in [0.1, 0.15) is 33.1 Å². The standard InChI is InChI=1S/C13H28N2S/c1-12(2)10-15(8-5-9-16-3)11-13-6-4-7-14-13/h12-14H,4-11H2,1-3H3. The second-order valence-electron chi connectivity index (χ2n) is 5.29. The van der Waals surface area contributed by atoms with Gasteiger partial charge in [0.2, 0.25) is 0 Å². The van der Waals surface area contributed by atoms with Crippen LogP contribution in [0.3, 0.4) is 0 Å². The summed E-state index contributed by atoms with van der Waals surface area (Å²) in [6, 6.07) is 0.757. The maximum atomic E-state index is 3.60. The van der Waals surface area contributed by atoms with Gasteiger partial charge in [-0.25, -0.2) is 0 Å². The third kappa shape index (κ3) is 6.12. The first-order valence-electron chi connectivity index (χ1n) is 6.67. The molecule has 2 nitrogen and oxygen atoms in total. The van der Waals surface area contributed by atoms with E-state index in [0.29, 0.717) is 0 Å². The molecule has 1 fully saturated rings. The van der Waals surface area contributed by atoms with E-state index in [9.17, 15) is 0 Å². The fourth-order valence-corrected chi connectivity index (χ4v) is 2.85. The number of rotatable bonds is 8. The van der Waals surface area contributed by atoms with E-state index in [4.69, 9.17) is 0 Å². The van der Waals surface area contributed by atoms with Gasteiger partial charge in [0, 0.05) is 19.1 Å². The summed E-state index contributed by atoms with van der Waals surface area (Å²) in [6.07, 6.45) is 6.27. The molecule has 0 aromatic carbocycles. The fourth-order valence-electron chi connectivity index (χ4n) is 2.43. The molecule has 0 aliphatic carbocycles. The first kappa shape index (κ1) is 14.3. The Morgan fingerprint density at radius 1 is 1.44 bits per heavy atom. The van der Waals surface area contributed by atoms with E-state index >= 15 is 0 Å². The molecular formula is C13H28N2S. The molecular weight excluding hydrogens is 216 g/mol. The highest BCUT2D eigenvalue weighted by atomic mass is 32.2. The molecule has 1 aliphatic heterocycles. The fraction of sp³-hybridized carbons (Fsp3) is 1.00. The van der Waals surface area contributed by atoms with Crippen LogP contribution in [-0.4, -0.2) is 49.1 Å². The zero-order valence-electron chi connectivity index (χ0n) is 11.2. The van der Waals surface area contributed by atoms with E-state index in [-0.39, 0.29) is 0 Å². The molecule has 1 N–H and O–H groups in total. The number of nitrogens with one attached hydrogen (secondary N) is 1. The molecule has 0 amide bonds. The Labute approximate surface area is 106 Å². The molecule has 0 saturated carbocycles. The van der Waals surface area contributed by atoms with Crippen molar-refractivity contribution < 1.29 is 0 Å². The Morgan fingerprint density at radius 3 is 2.81 bits per heavy atom. The van der Waals surface area contributed by atoms with Crippen molar-refractivity contribution in [3.63, 3.8) is 0 Å². The van der Waals surface area contributed by atoms with E-state index in [1.54, 1.807) is 0 Å². The van der Waals surface area contributed by atoms with Crippen LogP contribution in [0.15, 0.2) is 0 Å². The lowest BCUT2D eigenvalue weighted by atomic mass is 10.1. The lowest BCUT2D eigenvalue weighted by molar-refractivity contribution is 0.225. The van der Waals surface area contributed by atoms with Crippen molar-refractivity contribution in [2.75, 3.05) is 38.2 Å². The Balaban J connectivity index is 2.24. The highest BCUT2D eigenvalue weighted by molar-refractivity contribution is 7.98. The molecule has 0 bridgehead atoms. The maximum Gasteiger partial charge on any atom is 0.0195 e. The Bertz CT molecular complexity index is 167. The van der Waals surface area contributed by atoms with Gasteiger partial charge in [0.15, 0.2) is 0 Å². The molecule has 0 aromatic rings. The smallest absolute Gasteiger partial charge is 0.0195 e. The first-order chi connectivity index (χ1) is 7.72. The van der Waals surface area contributed by atoms with Crippen LogP contribution in [-0.2, 0) is 0 Å². The van der Waals surface area contributed by atoms with Crippen molar-refractivity contribution in [1.29, 1.82) is 0 Å². The predicted molar refractivity (Wildman–Crippen MR) is 75.3 cm³/mol. The molecule has 0 radical (unpaired) electrons. The van der Waals surface area contributed by atoms with Gasteiger partial charge in [-0.05, 0) is 50.3 Å². The van der Waals surface area contributed by atoms with Gasteiger partial charge in [0.25, 0.3) is 0 Å². The number of hydrogen-bond acceptors (Lipinski definition) is 3. The third-order valence-electron chi connectivity index (χ3n) is 3.09. The number of hydrogen-bond donors (Lipinski definition) is 1. The summed E-state index contributed by atoms with van der Waals surface area (Å²) >= 11 is 1.96. The SMILES string of the molecule is CSCCCN(CC(C)C)CC1CCCN1. The maximum absolute atomic E-state index is 3.60. The van der Waals surface area contributed by atoms with Crippen molar-refractivity contribution in [2.24, 2.45) is 5.92 Å². The van der Waals surface area contributed by atoms with E-state index in [0.717, 1.165) is 12.0 Å². The van der Waals surface area contributed by atoms with Gasteiger partial charge in [0.1, 0.15) is 0 Å². The molecule has 1 aliphatic rings. The van der Waals surface area contributed by atoms with Gasteiger partial charge < -0.3 is 10.2 Å². The largest absolute Gasteiger partial charge is 0.313 e. The average Bonchev–Trinajstić information content (AvgIpc) is 2.69. The molecule has 1 unspecified atom stereocenters. The highest BCUT2D eigenvalue weighted by Gasteiger charge is 2.17. The molecule has 1 saturated heterocycles. The van der Waals surface area contributed by atoms with Crippen LogP contribution in [0, 0.1) is 5.92 Å². The quantitative estimate of drug-likeness (QED) is 0.660. The minimum Gasteiger partial charge on any atom is -0.313 e. The summed E-state index contributed by atoms with van der Waals surface area (Å²) in [5.41, 5.74) is 0. The second kappa shape index (κ2) is 8.37. The summed E-state index contributed by atoms with van der Waals surface area (Å²) in [4.78, 5) is 2.66. The van der Waals surface area contributed by atoms with Gasteiger partial charge in [-0.2, -0.15) is 11.8 Å². The van der Waals surface area contributed by atoms with Crippen molar-refractivity contribution >= 4 is 11.8 Å². The molecule has 0 aromatic heterocycles. The molecule has 0 spiro atoms. The molecule has 1 rings (SSSR count). The molecule has 16 heavy (non-hydrogen) atoms. The monoisotopic (exact) mass is 244 g/mol. The van der Waals surface area contributed by atoms with Gasteiger partial charge in [-0.3, -0.25) is 0 Å². The van der Waals surface area contributed by atoms with Crippen molar-refractivity contribution in [2.45, 2.75) is 39.2 Å². The van der Waals surface area contributed by atoms with Crippen LogP contribution < -0.4 is 5.32 Å². The highest BCUT2D eigenvalue weighted by Crippen LogP contribution is 2.09. The molecule has 3 heteroatoms. The average molecular weight is 244 g/mol. The lowest BCUT2D eigenvalue weighted by Crippen LogP contribution is -2.40. The van der Waals surface area contributed by atoms with Crippen LogP contribution in [0.4, 0.5) is 0 Å². The third-order valence-corrected chi connectivity index (χ3v) is 3.78. The molecule has 1 atom stereocenters. The zero-order valence-corrected chi connectivity index (χ0v) is 12.0. The first-order valence-corrected chi connectivity index (χ1v) is 8.06. The lowest BCUT2D eigenvalue weighted by Gasteiger charge is -2.27. The van der Waals surface area contributed by atoms with E-state index < -0.39 is 0 Å². The second-order valence-corrected chi connectivity index (χ2v) is 6.28. The Morgan fingerprint density at radius 2 is 2.25 bits per heavy atom. The van der Waals surface area contributed by atoms with E-state index in [1.807, 2.05) is 11.8 Å². The van der Waals surface area contributed by atoms with Crippen molar-refractivity contribution in [3.05, 3.63) is 0 Å². The Hall–Kier alpha value is 0.270. The topological polar surface area (TPSA) is 15.3 Å². The van der Waals surface area contributed by atoms with Gasteiger partial charge >= 0.3 is 0 Å². The minimum absolute atomic E-state index is 0.757. The summed E-state index contributed by atoms with van der Waals surface area (Å²) in [5, 5.41) is 3.60. The summed E-state index contributed by atoms with van der Waals surface area (Å²) in [6.45, 7) is 9.66. The summed E-state index contributed by atoms with van der Waals surface area (Å²) < 4.78 is 0. The van der Waals surface area contributed by atoms with Crippen LogP contribution in [0.2, 0.25) is 0 Å². The number of thioether (sulfide) groups is 1. The van der Waals surface area contributed by atoms with E-state index in [2.05, 4.69) is 30.3 Å². The van der Waals surface area contributed by atoms with Gasteiger partial charge in [0.05, 0.1) is 0 Å². The minimum atomic E-state index is 0.757. The van der Waals surface area contributed by atoms with Crippen LogP contribution in [0.25, 0.3) is 0 Å². The van der Waals surface area contributed by atoms with Gasteiger partial charge in [-0.15, -0.1) is 0 Å². The van der Waals surface area contributed by atoms with Crippen molar-refractivity contribution in [1.82, 2.24) is 10.2 Å².